The number of likely N-dealkylation sites (tertiary alicyclic amines) is 1. The van der Waals surface area contributed by atoms with Crippen molar-refractivity contribution in [3.8, 4) is 11.1 Å². The van der Waals surface area contributed by atoms with Crippen molar-refractivity contribution in [1.29, 1.82) is 0 Å². The van der Waals surface area contributed by atoms with Crippen molar-refractivity contribution >= 4 is 28.9 Å². The van der Waals surface area contributed by atoms with Crippen LogP contribution in [0.1, 0.15) is 79.0 Å². The molecule has 1 aromatic carbocycles. The number of hydrogen-bond acceptors (Lipinski definition) is 6. The van der Waals surface area contributed by atoms with Crippen molar-refractivity contribution in [3.05, 3.63) is 83.1 Å². The van der Waals surface area contributed by atoms with E-state index in [2.05, 4.69) is 28.3 Å². The van der Waals surface area contributed by atoms with Crippen LogP contribution in [0.2, 0.25) is 0 Å². The van der Waals surface area contributed by atoms with E-state index in [4.69, 9.17) is 5.73 Å². The van der Waals surface area contributed by atoms with E-state index in [9.17, 15) is 14.4 Å². The fraction of sp³-hybridized carbons (Fsp3) is 0.382. The summed E-state index contributed by atoms with van der Waals surface area (Å²) in [7, 11) is 0. The maximum Gasteiger partial charge on any atom is 0.272 e. The van der Waals surface area contributed by atoms with Crippen LogP contribution in [-0.2, 0) is 16.0 Å². The molecule has 1 saturated carbocycles. The number of aromatic nitrogens is 2. The highest BCUT2D eigenvalue weighted by Crippen LogP contribution is 2.40. The third-order valence-corrected chi connectivity index (χ3v) is 8.66. The maximum atomic E-state index is 13.9. The molecule has 8 heteroatoms. The van der Waals surface area contributed by atoms with Gasteiger partial charge >= 0.3 is 0 Å². The molecule has 3 aliphatic rings. The Kier molecular flexibility index (Phi) is 7.62. The Bertz CT molecular complexity index is 1570. The number of Topliss-reactive ketones (excluding diaryl/α,β-unsaturated/α-hetero) is 1. The Morgan fingerprint density at radius 1 is 1.02 bits per heavy atom. The SMILES string of the molecule is C[C@@H]1CC(N)=C(C(=O)[C@@H](C)Cc2ccc(C(=O)N3CCCC3)nc2)c2cc(-c3cncc(NC(=O)C4CC4)c3)ccc21. The third-order valence-electron chi connectivity index (χ3n) is 8.66. The standard InChI is InChI=1S/C34H37N5O3/c1-20-14-29(35)31(32(40)21(2)13-22-5-10-30(37-17-22)34(42)39-11-3-4-12-39)28-16-24(8-9-27(20)28)25-15-26(19-36-18-25)38-33(41)23-6-7-23/h5,8-10,15-21,23H,3-4,6-7,11-14,35H2,1-2H3,(H,38,41)/t20-,21+/m1/s1. The Morgan fingerprint density at radius 2 is 1.81 bits per heavy atom. The van der Waals surface area contributed by atoms with Crippen LogP contribution in [0, 0.1) is 11.8 Å². The quantitative estimate of drug-likeness (QED) is 0.381. The highest BCUT2D eigenvalue weighted by atomic mass is 16.2. The largest absolute Gasteiger partial charge is 0.401 e. The summed E-state index contributed by atoms with van der Waals surface area (Å²) >= 11 is 0. The zero-order valence-corrected chi connectivity index (χ0v) is 24.2. The van der Waals surface area contributed by atoms with Gasteiger partial charge in [0.1, 0.15) is 5.69 Å². The molecule has 0 spiro atoms. The highest BCUT2D eigenvalue weighted by Gasteiger charge is 2.31. The average Bonchev–Trinajstić information content (AvgIpc) is 3.71. The number of amides is 2. The first-order valence-corrected chi connectivity index (χ1v) is 15.0. The number of nitrogens with zero attached hydrogens (tertiary/aromatic N) is 3. The molecule has 0 unspecified atom stereocenters. The first kappa shape index (κ1) is 27.8. The Hall–Kier alpha value is -4.33. The topological polar surface area (TPSA) is 118 Å². The number of hydrogen-bond donors (Lipinski definition) is 2. The molecule has 216 valence electrons. The fourth-order valence-electron chi connectivity index (χ4n) is 6.09. The van der Waals surface area contributed by atoms with Crippen molar-refractivity contribution < 1.29 is 14.4 Å². The molecular formula is C34H37N5O3. The fourth-order valence-corrected chi connectivity index (χ4v) is 6.09. The van der Waals surface area contributed by atoms with E-state index < -0.39 is 0 Å². The van der Waals surface area contributed by atoms with Crippen LogP contribution in [0.15, 0.2) is 60.7 Å². The molecule has 2 fully saturated rings. The number of rotatable bonds is 8. The molecule has 8 nitrogen and oxygen atoms in total. The second kappa shape index (κ2) is 11.5. The van der Waals surface area contributed by atoms with Gasteiger partial charge in [0.25, 0.3) is 5.91 Å². The number of fused-ring (bicyclic) bond motifs is 1. The Labute approximate surface area is 246 Å². The summed E-state index contributed by atoms with van der Waals surface area (Å²) in [5.41, 5.74) is 13.5. The van der Waals surface area contributed by atoms with Crippen LogP contribution in [0.5, 0.6) is 0 Å². The van der Waals surface area contributed by atoms with Gasteiger partial charge in [-0.05, 0) is 84.9 Å². The zero-order chi connectivity index (χ0) is 29.4. The van der Waals surface area contributed by atoms with Crippen LogP contribution in [0.25, 0.3) is 16.7 Å². The molecule has 3 heterocycles. The first-order chi connectivity index (χ1) is 20.3. The van der Waals surface area contributed by atoms with Gasteiger partial charge in [0.05, 0.1) is 11.9 Å². The summed E-state index contributed by atoms with van der Waals surface area (Å²) in [4.78, 5) is 49.5. The predicted octanol–water partition coefficient (Wildman–Crippen LogP) is 5.35. The monoisotopic (exact) mass is 563 g/mol. The van der Waals surface area contributed by atoms with E-state index in [1.54, 1.807) is 24.7 Å². The van der Waals surface area contributed by atoms with E-state index in [0.29, 0.717) is 35.5 Å². The number of benzene rings is 1. The van der Waals surface area contributed by atoms with Gasteiger partial charge in [0.2, 0.25) is 5.91 Å². The number of nitrogens with one attached hydrogen (secondary N) is 1. The second-order valence-corrected chi connectivity index (χ2v) is 12.1. The molecule has 1 saturated heterocycles. The molecule has 0 bridgehead atoms. The van der Waals surface area contributed by atoms with Gasteiger partial charge < -0.3 is 16.0 Å². The molecule has 6 rings (SSSR count). The number of anilines is 1. The van der Waals surface area contributed by atoms with Gasteiger partial charge in [-0.3, -0.25) is 24.4 Å². The van der Waals surface area contributed by atoms with Gasteiger partial charge in [-0.25, -0.2) is 0 Å². The van der Waals surface area contributed by atoms with Gasteiger partial charge in [0, 0.05) is 54.2 Å². The van der Waals surface area contributed by atoms with E-state index in [0.717, 1.165) is 66.6 Å². The van der Waals surface area contributed by atoms with Gasteiger partial charge in [-0.15, -0.1) is 0 Å². The lowest BCUT2D eigenvalue weighted by Crippen LogP contribution is -2.28. The van der Waals surface area contributed by atoms with E-state index in [1.165, 1.54) is 0 Å². The Morgan fingerprint density at radius 3 is 2.52 bits per heavy atom. The van der Waals surface area contributed by atoms with Gasteiger partial charge in [-0.1, -0.05) is 32.0 Å². The number of ketones is 1. The van der Waals surface area contributed by atoms with E-state index >= 15 is 0 Å². The summed E-state index contributed by atoms with van der Waals surface area (Å²) in [5.74, 6) is -0.0295. The van der Waals surface area contributed by atoms with Crippen LogP contribution >= 0.6 is 0 Å². The lowest BCUT2D eigenvalue weighted by molar-refractivity contribution is -0.117. The van der Waals surface area contributed by atoms with E-state index in [1.807, 2.05) is 36.1 Å². The molecule has 2 aliphatic carbocycles. The van der Waals surface area contributed by atoms with Crippen molar-refractivity contribution in [2.45, 2.75) is 58.3 Å². The lowest BCUT2D eigenvalue weighted by atomic mass is 9.77. The maximum absolute atomic E-state index is 13.9. The zero-order valence-electron chi connectivity index (χ0n) is 24.2. The number of pyridine rings is 2. The first-order valence-electron chi connectivity index (χ1n) is 15.0. The van der Waals surface area contributed by atoms with Crippen LogP contribution in [-0.4, -0.2) is 45.6 Å². The smallest absolute Gasteiger partial charge is 0.272 e. The van der Waals surface area contributed by atoms with Crippen molar-refractivity contribution in [2.24, 2.45) is 17.6 Å². The average molecular weight is 564 g/mol. The predicted molar refractivity (Wildman–Crippen MR) is 162 cm³/mol. The van der Waals surface area contributed by atoms with Crippen molar-refractivity contribution in [2.75, 3.05) is 18.4 Å². The lowest BCUT2D eigenvalue weighted by Gasteiger charge is -2.27. The number of allylic oxidation sites excluding steroid dienone is 2. The highest BCUT2D eigenvalue weighted by molar-refractivity contribution is 6.23. The minimum absolute atomic E-state index is 0.00130. The van der Waals surface area contributed by atoms with Crippen molar-refractivity contribution in [1.82, 2.24) is 14.9 Å². The molecule has 2 aromatic heterocycles. The molecular weight excluding hydrogens is 526 g/mol. The number of nitrogens with two attached hydrogens (primary N) is 1. The number of carbonyl (C=O) groups is 3. The second-order valence-electron chi connectivity index (χ2n) is 12.1. The van der Waals surface area contributed by atoms with Crippen LogP contribution in [0.4, 0.5) is 5.69 Å². The molecule has 2 atom stereocenters. The van der Waals surface area contributed by atoms with Crippen LogP contribution < -0.4 is 11.1 Å². The Balaban J connectivity index is 1.22. The molecule has 2 amide bonds. The molecule has 0 radical (unpaired) electrons. The molecule has 1 aliphatic heterocycles. The minimum Gasteiger partial charge on any atom is -0.401 e. The summed E-state index contributed by atoms with van der Waals surface area (Å²) in [6, 6.07) is 11.7. The molecule has 42 heavy (non-hydrogen) atoms. The van der Waals surface area contributed by atoms with Crippen molar-refractivity contribution in [3.63, 3.8) is 0 Å². The van der Waals surface area contributed by atoms with E-state index in [-0.39, 0.29) is 35.4 Å². The normalized spacial score (nSPS) is 18.9. The molecule has 3 aromatic rings. The summed E-state index contributed by atoms with van der Waals surface area (Å²) < 4.78 is 0. The number of carbonyl (C=O) groups excluding carboxylic acids is 3. The van der Waals surface area contributed by atoms with Gasteiger partial charge in [0.15, 0.2) is 5.78 Å². The minimum atomic E-state index is -0.326. The van der Waals surface area contributed by atoms with Crippen LogP contribution in [0.3, 0.4) is 0 Å². The summed E-state index contributed by atoms with van der Waals surface area (Å²) in [5, 5.41) is 2.97. The summed E-state index contributed by atoms with van der Waals surface area (Å²) in [6.07, 6.45) is 10.2. The third kappa shape index (κ3) is 5.71. The summed E-state index contributed by atoms with van der Waals surface area (Å²) in [6.45, 7) is 5.61. The molecule has 3 N–H and O–H groups in total. The van der Waals surface area contributed by atoms with Gasteiger partial charge in [-0.2, -0.15) is 0 Å².